The maximum Gasteiger partial charge on any atom is 0.323 e. The summed E-state index contributed by atoms with van der Waals surface area (Å²) in [4.78, 5) is 28.9. The van der Waals surface area contributed by atoms with Crippen LogP contribution in [0.5, 0.6) is 0 Å². The van der Waals surface area contributed by atoms with Crippen LogP contribution >= 0.6 is 34.5 Å². The molecule has 3 amide bonds. The minimum atomic E-state index is -0.412. The summed E-state index contributed by atoms with van der Waals surface area (Å²) in [5.41, 5.74) is 4.09. The van der Waals surface area contributed by atoms with E-state index in [-0.39, 0.29) is 12.3 Å². The quantitative estimate of drug-likeness (QED) is 0.451. The zero-order valence-electron chi connectivity index (χ0n) is 14.8. The van der Waals surface area contributed by atoms with Gasteiger partial charge in [-0.15, -0.1) is 11.3 Å². The Morgan fingerprint density at radius 3 is 2.48 bits per heavy atom. The van der Waals surface area contributed by atoms with Crippen LogP contribution in [0.3, 0.4) is 0 Å². The molecule has 0 unspecified atom stereocenters. The minimum absolute atomic E-state index is 0.107. The normalized spacial score (nSPS) is 13.0. The number of nitrogens with zero attached hydrogens (tertiary/aromatic N) is 1. The van der Waals surface area contributed by atoms with Gasteiger partial charge in [0.1, 0.15) is 0 Å². The molecule has 0 radical (unpaired) electrons. The third kappa shape index (κ3) is 4.59. The Kier molecular flexibility index (Phi) is 5.53. The average Bonchev–Trinajstić information content (AvgIpc) is 3.04. The summed E-state index contributed by atoms with van der Waals surface area (Å²) >= 11 is 13.3. The van der Waals surface area contributed by atoms with Crippen LogP contribution in [0.25, 0.3) is 0 Å². The summed E-state index contributed by atoms with van der Waals surface area (Å²) in [5.74, 6) is -0.107. The first-order valence-corrected chi connectivity index (χ1v) is 10.2. The summed E-state index contributed by atoms with van der Waals surface area (Å²) in [6.45, 7) is 0. The molecule has 1 aliphatic rings. The third-order valence-corrected chi connectivity index (χ3v) is 5.62. The van der Waals surface area contributed by atoms with E-state index in [0.29, 0.717) is 27.1 Å². The van der Waals surface area contributed by atoms with Gasteiger partial charge >= 0.3 is 6.03 Å². The molecule has 0 aliphatic carbocycles. The summed E-state index contributed by atoms with van der Waals surface area (Å²) in [5, 5.41) is 12.8. The summed E-state index contributed by atoms with van der Waals surface area (Å²) in [6, 6.07) is 11.6. The van der Waals surface area contributed by atoms with E-state index in [2.05, 4.69) is 20.9 Å². The molecular formula is C20H14Cl2N4O2S. The van der Waals surface area contributed by atoms with Gasteiger partial charge in [-0.25, -0.2) is 9.79 Å². The lowest BCUT2D eigenvalue weighted by Crippen LogP contribution is -2.19. The van der Waals surface area contributed by atoms with Gasteiger partial charge in [-0.2, -0.15) is 0 Å². The molecule has 29 heavy (non-hydrogen) atoms. The average molecular weight is 445 g/mol. The van der Waals surface area contributed by atoms with E-state index >= 15 is 0 Å². The largest absolute Gasteiger partial charge is 0.323 e. The number of fused-ring (bicyclic) bond motifs is 1. The van der Waals surface area contributed by atoms with Crippen LogP contribution in [0.4, 0.5) is 27.5 Å². The van der Waals surface area contributed by atoms with E-state index in [1.165, 1.54) is 11.3 Å². The van der Waals surface area contributed by atoms with Crippen molar-refractivity contribution < 1.29 is 9.59 Å². The molecule has 146 valence electrons. The zero-order valence-corrected chi connectivity index (χ0v) is 17.2. The second-order valence-electron chi connectivity index (χ2n) is 6.24. The van der Waals surface area contributed by atoms with Crippen LogP contribution in [0.1, 0.15) is 12.0 Å². The molecule has 4 rings (SSSR count). The van der Waals surface area contributed by atoms with Crippen molar-refractivity contribution in [3.63, 3.8) is 0 Å². The van der Waals surface area contributed by atoms with Gasteiger partial charge in [0.15, 0.2) is 0 Å². The second kappa shape index (κ2) is 8.24. The lowest BCUT2D eigenvalue weighted by Gasteiger charge is -2.09. The first kappa shape index (κ1) is 19.4. The van der Waals surface area contributed by atoms with Crippen molar-refractivity contribution in [2.75, 3.05) is 16.0 Å². The van der Waals surface area contributed by atoms with E-state index in [4.69, 9.17) is 23.2 Å². The topological polar surface area (TPSA) is 82.6 Å². The number of urea groups is 1. The molecule has 0 saturated carbocycles. The number of anilines is 3. The molecule has 9 heteroatoms. The van der Waals surface area contributed by atoms with Gasteiger partial charge in [-0.3, -0.25) is 4.79 Å². The van der Waals surface area contributed by atoms with Gasteiger partial charge in [0.05, 0.1) is 33.6 Å². The van der Waals surface area contributed by atoms with Crippen LogP contribution in [0.15, 0.2) is 58.2 Å². The minimum Gasteiger partial charge on any atom is -0.323 e. The number of hydrogen-bond donors (Lipinski definition) is 3. The molecule has 3 N–H and O–H groups in total. The van der Waals surface area contributed by atoms with Crippen LogP contribution in [-0.4, -0.2) is 17.6 Å². The van der Waals surface area contributed by atoms with Crippen LogP contribution in [-0.2, 0) is 4.79 Å². The number of carbonyl (C=O) groups is 2. The van der Waals surface area contributed by atoms with Crippen LogP contribution < -0.4 is 16.0 Å². The van der Waals surface area contributed by atoms with E-state index < -0.39 is 6.03 Å². The van der Waals surface area contributed by atoms with Crippen molar-refractivity contribution in [1.82, 2.24) is 0 Å². The number of nitrogens with one attached hydrogen (secondary N) is 3. The number of amides is 3. The van der Waals surface area contributed by atoms with Crippen molar-refractivity contribution in [2.24, 2.45) is 4.99 Å². The van der Waals surface area contributed by atoms with E-state index in [1.54, 1.807) is 30.3 Å². The fourth-order valence-electron chi connectivity index (χ4n) is 2.78. The lowest BCUT2D eigenvalue weighted by molar-refractivity contribution is -0.115. The Balaban J connectivity index is 1.46. The number of hydrogen-bond acceptors (Lipinski definition) is 4. The van der Waals surface area contributed by atoms with Crippen molar-refractivity contribution in [1.29, 1.82) is 0 Å². The number of carbonyl (C=O) groups excluding carboxylic acids is 2. The van der Waals surface area contributed by atoms with Gasteiger partial charge in [0.2, 0.25) is 5.91 Å². The molecule has 3 aromatic rings. The highest BCUT2D eigenvalue weighted by Gasteiger charge is 2.17. The van der Waals surface area contributed by atoms with Gasteiger partial charge in [0.25, 0.3) is 0 Å². The summed E-state index contributed by atoms with van der Waals surface area (Å²) in [7, 11) is 0. The molecule has 6 nitrogen and oxygen atoms in total. The SMILES string of the molecule is O=C1CC(c2ccc(NC(=O)Nc3ccc(Cl)c(Cl)c3)cc2)=Nc2cscc2N1. The fourth-order valence-corrected chi connectivity index (χ4v) is 3.77. The molecule has 0 atom stereocenters. The maximum absolute atomic E-state index is 12.2. The van der Waals surface area contributed by atoms with Gasteiger partial charge in [0, 0.05) is 22.1 Å². The van der Waals surface area contributed by atoms with Crippen LogP contribution in [0.2, 0.25) is 10.0 Å². The van der Waals surface area contributed by atoms with Gasteiger partial charge < -0.3 is 16.0 Å². The first-order valence-electron chi connectivity index (χ1n) is 8.55. The van der Waals surface area contributed by atoms with Crippen molar-refractivity contribution in [2.45, 2.75) is 6.42 Å². The number of rotatable bonds is 3. The fraction of sp³-hybridized carbons (Fsp3) is 0.0500. The summed E-state index contributed by atoms with van der Waals surface area (Å²) < 4.78 is 0. The Labute approximate surface area is 180 Å². The molecule has 0 fully saturated rings. The predicted molar refractivity (Wildman–Crippen MR) is 119 cm³/mol. The number of benzene rings is 2. The second-order valence-corrected chi connectivity index (χ2v) is 7.80. The Hall–Kier alpha value is -2.87. The molecule has 1 aliphatic heterocycles. The third-order valence-electron chi connectivity index (χ3n) is 4.15. The zero-order chi connectivity index (χ0) is 20.4. The lowest BCUT2D eigenvalue weighted by atomic mass is 10.1. The first-order chi connectivity index (χ1) is 14.0. The van der Waals surface area contributed by atoms with E-state index in [1.807, 2.05) is 22.9 Å². The Morgan fingerprint density at radius 1 is 1.00 bits per heavy atom. The van der Waals surface area contributed by atoms with Crippen molar-refractivity contribution >= 4 is 74.9 Å². The van der Waals surface area contributed by atoms with Crippen LogP contribution in [0, 0.1) is 0 Å². The van der Waals surface area contributed by atoms with Crippen molar-refractivity contribution in [3.05, 3.63) is 68.8 Å². The molecule has 0 saturated heterocycles. The van der Waals surface area contributed by atoms with E-state index in [0.717, 1.165) is 16.9 Å². The number of halogens is 2. The molecule has 0 bridgehead atoms. The Morgan fingerprint density at radius 2 is 1.72 bits per heavy atom. The van der Waals surface area contributed by atoms with Crippen molar-refractivity contribution in [3.8, 4) is 0 Å². The highest BCUT2D eigenvalue weighted by molar-refractivity contribution is 7.09. The standard InChI is InChI=1S/C20H14Cl2N4O2S/c21-14-6-5-13(7-15(14)22)24-20(28)23-12-3-1-11(2-4-12)16-8-19(27)26-18-10-29-9-17(18)25-16/h1-7,9-10H,8H2,(H,26,27)(H2,23,24,28). The summed E-state index contributed by atoms with van der Waals surface area (Å²) in [6.07, 6.45) is 0.184. The highest BCUT2D eigenvalue weighted by atomic mass is 35.5. The smallest absolute Gasteiger partial charge is 0.323 e. The molecule has 1 aromatic heterocycles. The number of aliphatic imine (C=N–C) groups is 1. The maximum atomic E-state index is 12.2. The Bertz CT molecular complexity index is 1130. The predicted octanol–water partition coefficient (Wildman–Crippen LogP) is 6.16. The number of thiophene rings is 1. The van der Waals surface area contributed by atoms with Gasteiger partial charge in [-0.1, -0.05) is 35.3 Å². The monoisotopic (exact) mass is 444 g/mol. The van der Waals surface area contributed by atoms with Gasteiger partial charge in [-0.05, 0) is 35.9 Å². The van der Waals surface area contributed by atoms with E-state index in [9.17, 15) is 9.59 Å². The molecule has 2 heterocycles. The molecular weight excluding hydrogens is 431 g/mol. The highest BCUT2D eigenvalue weighted by Crippen LogP contribution is 2.32. The molecule has 0 spiro atoms. The molecule has 2 aromatic carbocycles.